The lowest BCUT2D eigenvalue weighted by Crippen LogP contribution is -2.46. The predicted octanol–water partition coefficient (Wildman–Crippen LogP) is 3.08. The summed E-state index contributed by atoms with van der Waals surface area (Å²) in [7, 11) is -0.525. The average molecular weight is 673 g/mol. The first-order valence-corrected chi connectivity index (χ1v) is 15.6. The van der Waals surface area contributed by atoms with Crippen molar-refractivity contribution in [1.29, 1.82) is 0 Å². The van der Waals surface area contributed by atoms with Crippen LogP contribution in [0.5, 0.6) is 5.75 Å². The Morgan fingerprint density at radius 3 is 2.46 bits per heavy atom. The van der Waals surface area contributed by atoms with Crippen molar-refractivity contribution in [2.45, 2.75) is 36.3 Å². The Morgan fingerprint density at radius 2 is 1.80 bits per heavy atom. The van der Waals surface area contributed by atoms with Gasteiger partial charge in [0.05, 0.1) is 29.3 Å². The number of hydrogen-bond acceptors (Lipinski definition) is 9. The number of benzene rings is 2. The molecule has 0 radical (unpaired) electrons. The van der Waals surface area contributed by atoms with Gasteiger partial charge in [0.1, 0.15) is 24.2 Å². The first-order chi connectivity index (χ1) is 21.6. The van der Waals surface area contributed by atoms with Crippen LogP contribution in [-0.2, 0) is 25.9 Å². The van der Waals surface area contributed by atoms with Crippen LogP contribution < -0.4 is 26.2 Å². The second kappa shape index (κ2) is 13.8. The van der Waals surface area contributed by atoms with E-state index in [1.807, 2.05) is 15.8 Å². The summed E-state index contributed by atoms with van der Waals surface area (Å²) in [4.78, 5) is 39.2. The molecule has 0 unspecified atom stereocenters. The molecule has 3 amide bonds. The Balaban J connectivity index is 1.42. The topological polar surface area (TPSA) is 160 Å². The van der Waals surface area contributed by atoms with Crippen LogP contribution in [0, 0.1) is 0 Å². The molecule has 1 aliphatic rings. The van der Waals surface area contributed by atoms with Crippen LogP contribution in [-0.4, -0.2) is 94.3 Å². The summed E-state index contributed by atoms with van der Waals surface area (Å²) >= 11 is 0. The van der Waals surface area contributed by atoms with Crippen LogP contribution in [0.15, 0.2) is 47.4 Å². The largest absolute Gasteiger partial charge is 0.495 e. The number of nitrogens with one attached hydrogen (secondary N) is 4. The van der Waals surface area contributed by atoms with Gasteiger partial charge in [0.25, 0.3) is 11.8 Å². The number of aromatic nitrogens is 1. The molecule has 13 nitrogen and oxygen atoms in total. The molecule has 0 saturated carbocycles. The third kappa shape index (κ3) is 8.57. The van der Waals surface area contributed by atoms with Gasteiger partial charge in [-0.05, 0) is 43.8 Å². The van der Waals surface area contributed by atoms with E-state index in [9.17, 15) is 40.4 Å². The van der Waals surface area contributed by atoms with Crippen molar-refractivity contribution in [3.8, 4) is 5.75 Å². The van der Waals surface area contributed by atoms with Gasteiger partial charge in [-0.15, -0.1) is 0 Å². The summed E-state index contributed by atoms with van der Waals surface area (Å²) in [5.74, 6) is -2.12. The van der Waals surface area contributed by atoms with E-state index in [1.54, 1.807) is 13.1 Å². The molecule has 2 aromatic carbocycles. The second-order valence-corrected chi connectivity index (χ2v) is 12.6. The molecule has 2 atom stereocenters. The van der Waals surface area contributed by atoms with Gasteiger partial charge in [-0.1, -0.05) is 6.07 Å². The van der Waals surface area contributed by atoms with Gasteiger partial charge in [-0.3, -0.25) is 25.8 Å². The highest BCUT2D eigenvalue weighted by Gasteiger charge is 2.32. The summed E-state index contributed by atoms with van der Waals surface area (Å²) in [6, 6.07) is 8.72. The molecule has 4 rings (SSSR count). The molecule has 250 valence electrons. The lowest BCUT2D eigenvalue weighted by Gasteiger charge is -2.33. The number of hydrogen-bond donors (Lipinski definition) is 4. The van der Waals surface area contributed by atoms with Gasteiger partial charge < -0.3 is 24.3 Å². The molecule has 0 bridgehead atoms. The van der Waals surface area contributed by atoms with Gasteiger partial charge in [0.15, 0.2) is 16.4 Å². The normalized spacial score (nSPS) is 17.3. The minimum atomic E-state index is -4.71. The summed E-state index contributed by atoms with van der Waals surface area (Å²) in [5.41, 5.74) is 3.98. The van der Waals surface area contributed by atoms with Crippen LogP contribution in [0.3, 0.4) is 0 Å². The molecule has 3 aromatic rings. The molecule has 1 aliphatic heterocycles. The standard InChI is InChI=1S/C28H32F4N6O7S/c1-37-10-9-20(18(29)13-37)33-19-5-4-6-22-17(19)12-23(38(22)15-28(30,31)32)26(40)36-35-25(39)14-45-27(41)34-21-8-7-16(46(3,42)43)11-24(21)44-2/h4-8,11-12,18,20,33H,9-10,13-15H2,1-3H3,(H,34,41)(H,35,39)(H,36,40)/t18-,20+/m0/s1. The van der Waals surface area contributed by atoms with Crippen molar-refractivity contribution in [2.24, 2.45) is 0 Å². The fourth-order valence-electron chi connectivity index (χ4n) is 4.88. The van der Waals surface area contributed by atoms with E-state index in [2.05, 4.69) is 10.6 Å². The number of methoxy groups -OCH3 is 1. The van der Waals surface area contributed by atoms with Gasteiger partial charge in [-0.25, -0.2) is 17.6 Å². The van der Waals surface area contributed by atoms with Gasteiger partial charge in [0.2, 0.25) is 0 Å². The number of alkyl halides is 4. The van der Waals surface area contributed by atoms with Crippen LogP contribution >= 0.6 is 0 Å². The highest BCUT2D eigenvalue weighted by atomic mass is 32.2. The summed E-state index contributed by atoms with van der Waals surface area (Å²) in [5, 5.41) is 5.59. The fourth-order valence-corrected chi connectivity index (χ4v) is 5.51. The van der Waals surface area contributed by atoms with Crippen LogP contribution in [0.25, 0.3) is 10.9 Å². The van der Waals surface area contributed by atoms with Gasteiger partial charge >= 0.3 is 12.3 Å². The molecule has 1 saturated heterocycles. The van der Waals surface area contributed by atoms with E-state index in [1.165, 1.54) is 43.5 Å². The zero-order valence-corrected chi connectivity index (χ0v) is 25.7. The first-order valence-electron chi connectivity index (χ1n) is 13.7. The number of fused-ring (bicyclic) bond motifs is 1. The van der Waals surface area contributed by atoms with E-state index in [4.69, 9.17) is 9.47 Å². The molecular weight excluding hydrogens is 640 g/mol. The molecule has 2 heterocycles. The molecule has 0 aliphatic carbocycles. The number of sulfone groups is 1. The molecule has 1 fully saturated rings. The van der Waals surface area contributed by atoms with Crippen molar-refractivity contribution < 1.29 is 49.8 Å². The number of anilines is 2. The Morgan fingerprint density at radius 1 is 1.07 bits per heavy atom. The Kier molecular flexibility index (Phi) is 10.3. The van der Waals surface area contributed by atoms with Crippen molar-refractivity contribution in [1.82, 2.24) is 20.3 Å². The molecule has 46 heavy (non-hydrogen) atoms. The van der Waals surface area contributed by atoms with Crippen molar-refractivity contribution in [3.05, 3.63) is 48.2 Å². The molecule has 1 aromatic heterocycles. The van der Waals surface area contributed by atoms with E-state index in [0.717, 1.165) is 10.8 Å². The number of amides is 3. The van der Waals surface area contributed by atoms with E-state index in [0.29, 0.717) is 18.7 Å². The quantitative estimate of drug-likeness (QED) is 0.198. The average Bonchev–Trinajstić information content (AvgIpc) is 3.33. The Labute approximate surface area is 261 Å². The number of hydrazine groups is 1. The van der Waals surface area contributed by atoms with Crippen LogP contribution in [0.4, 0.5) is 33.7 Å². The minimum absolute atomic E-state index is 0.0000462. The summed E-state index contributed by atoms with van der Waals surface area (Å²) < 4.78 is 89.4. The number of nitrogens with zero attached hydrogens (tertiary/aromatic N) is 2. The van der Waals surface area contributed by atoms with Gasteiger partial charge in [-0.2, -0.15) is 13.2 Å². The van der Waals surface area contributed by atoms with Crippen LogP contribution in [0.1, 0.15) is 16.9 Å². The highest BCUT2D eigenvalue weighted by Crippen LogP contribution is 2.32. The van der Waals surface area contributed by atoms with Crippen molar-refractivity contribution in [2.75, 3.05) is 50.7 Å². The number of ether oxygens (including phenoxy) is 2. The smallest absolute Gasteiger partial charge is 0.412 e. The maximum atomic E-state index is 14.7. The maximum absolute atomic E-state index is 14.7. The second-order valence-electron chi connectivity index (χ2n) is 10.6. The number of piperidine rings is 1. The zero-order chi connectivity index (χ0) is 33.8. The van der Waals surface area contributed by atoms with Crippen molar-refractivity contribution >= 4 is 50.0 Å². The van der Waals surface area contributed by atoms with E-state index < -0.39 is 65.0 Å². The third-order valence-electron chi connectivity index (χ3n) is 7.09. The maximum Gasteiger partial charge on any atom is 0.412 e. The minimum Gasteiger partial charge on any atom is -0.495 e. The summed E-state index contributed by atoms with van der Waals surface area (Å²) in [6.07, 6.45) is -5.61. The number of carbonyl (C=O) groups is 3. The number of likely N-dealkylation sites (tertiary alicyclic amines) is 1. The summed E-state index contributed by atoms with van der Waals surface area (Å²) in [6.45, 7) is -1.62. The molecular formula is C28H32F4N6O7S. The monoisotopic (exact) mass is 672 g/mol. The third-order valence-corrected chi connectivity index (χ3v) is 8.20. The van der Waals surface area contributed by atoms with Crippen LogP contribution in [0.2, 0.25) is 0 Å². The number of rotatable bonds is 9. The lowest BCUT2D eigenvalue weighted by atomic mass is 10.0. The Bertz CT molecular complexity index is 1730. The highest BCUT2D eigenvalue weighted by molar-refractivity contribution is 7.90. The number of halogens is 4. The van der Waals surface area contributed by atoms with E-state index in [-0.39, 0.29) is 33.8 Å². The van der Waals surface area contributed by atoms with E-state index >= 15 is 0 Å². The Hall–Kier alpha value is -4.58. The predicted molar refractivity (Wildman–Crippen MR) is 159 cm³/mol. The van der Waals surface area contributed by atoms with Gasteiger partial charge in [0, 0.05) is 36.5 Å². The molecule has 18 heteroatoms. The SMILES string of the molecule is COc1cc(S(C)(=O)=O)ccc1NC(=O)OCC(=O)NNC(=O)c1cc2c(N[C@@H]3CCN(C)C[C@@H]3F)cccc2n1CC(F)(F)F. The number of carbonyl (C=O) groups excluding carboxylic acids is 3. The zero-order valence-electron chi connectivity index (χ0n) is 24.9. The molecule has 0 spiro atoms. The lowest BCUT2D eigenvalue weighted by molar-refractivity contribution is -0.140. The van der Waals surface area contributed by atoms with Crippen molar-refractivity contribution in [3.63, 3.8) is 0 Å². The first kappa shape index (κ1) is 34.3. The molecule has 4 N–H and O–H groups in total. The fraction of sp³-hybridized carbons (Fsp3) is 0.393.